The Morgan fingerprint density at radius 2 is 2.00 bits per heavy atom. The molecule has 88 valence electrons. The molecule has 0 radical (unpaired) electrons. The zero-order valence-corrected chi connectivity index (χ0v) is 9.67. The molecule has 1 saturated heterocycles. The molecule has 4 nitrogen and oxygen atoms in total. The number of nitrogens with zero attached hydrogens (tertiary/aromatic N) is 1. The van der Waals surface area contributed by atoms with E-state index in [-0.39, 0.29) is 6.09 Å². The van der Waals surface area contributed by atoms with Gasteiger partial charge in [-0.1, -0.05) is 0 Å². The zero-order valence-electron chi connectivity index (χ0n) is 8.91. The molecule has 1 aliphatic heterocycles. The minimum Gasteiger partial charge on any atom is -0.449 e. The number of ether oxygens (including phenoxy) is 2. The van der Waals surface area contributed by atoms with Crippen LogP contribution in [0.5, 0.6) is 0 Å². The number of morpholine rings is 1. The predicted molar refractivity (Wildman–Crippen MR) is 58.3 cm³/mol. The van der Waals surface area contributed by atoms with Gasteiger partial charge in [-0.15, -0.1) is 11.6 Å². The highest BCUT2D eigenvalue weighted by molar-refractivity contribution is 6.17. The second-order valence-electron chi connectivity index (χ2n) is 3.46. The Bertz CT molecular complexity index is 184. The van der Waals surface area contributed by atoms with Gasteiger partial charge in [-0.2, -0.15) is 0 Å². The first kappa shape index (κ1) is 12.6. The number of carbonyl (C=O) groups is 1. The normalized spacial score (nSPS) is 16.5. The number of alkyl halides is 1. The molecule has 5 heteroatoms. The number of unbranched alkanes of at least 4 members (excludes halogenated alkanes) is 2. The van der Waals surface area contributed by atoms with Crippen molar-refractivity contribution in [2.24, 2.45) is 0 Å². The van der Waals surface area contributed by atoms with Crippen molar-refractivity contribution in [2.45, 2.75) is 19.3 Å². The topological polar surface area (TPSA) is 38.8 Å². The molecule has 0 aromatic rings. The molecule has 0 atom stereocenters. The van der Waals surface area contributed by atoms with Gasteiger partial charge in [0.1, 0.15) is 0 Å². The number of amides is 1. The summed E-state index contributed by atoms with van der Waals surface area (Å²) in [6, 6.07) is 0. The molecule has 0 bridgehead atoms. The fraction of sp³-hybridized carbons (Fsp3) is 0.900. The fourth-order valence-electron chi connectivity index (χ4n) is 1.37. The van der Waals surface area contributed by atoms with Gasteiger partial charge in [0, 0.05) is 19.0 Å². The van der Waals surface area contributed by atoms with Crippen molar-refractivity contribution in [3.63, 3.8) is 0 Å². The van der Waals surface area contributed by atoms with E-state index in [2.05, 4.69) is 0 Å². The van der Waals surface area contributed by atoms with Crippen LogP contribution in [-0.2, 0) is 9.47 Å². The third kappa shape index (κ3) is 5.23. The number of carbonyl (C=O) groups excluding carboxylic acids is 1. The van der Waals surface area contributed by atoms with E-state index in [0.717, 1.165) is 19.3 Å². The number of rotatable bonds is 5. The van der Waals surface area contributed by atoms with Crippen LogP contribution in [-0.4, -0.2) is 49.8 Å². The summed E-state index contributed by atoms with van der Waals surface area (Å²) in [6.07, 6.45) is 2.67. The standard InChI is InChI=1S/C10H18ClNO3/c11-4-2-1-3-7-15-10(13)12-5-8-14-9-6-12/h1-9H2. The lowest BCUT2D eigenvalue weighted by Crippen LogP contribution is -2.41. The molecular weight excluding hydrogens is 218 g/mol. The van der Waals surface area contributed by atoms with E-state index in [4.69, 9.17) is 21.1 Å². The van der Waals surface area contributed by atoms with Gasteiger partial charge in [-0.3, -0.25) is 0 Å². The fourth-order valence-corrected chi connectivity index (χ4v) is 1.56. The molecule has 0 unspecified atom stereocenters. The zero-order chi connectivity index (χ0) is 10.9. The lowest BCUT2D eigenvalue weighted by molar-refractivity contribution is 0.0268. The summed E-state index contributed by atoms with van der Waals surface area (Å²) in [5.74, 6) is 0.678. The van der Waals surface area contributed by atoms with E-state index in [0.29, 0.717) is 38.8 Å². The number of halogens is 1. The number of hydrogen-bond donors (Lipinski definition) is 0. The Balaban J connectivity index is 2.02. The van der Waals surface area contributed by atoms with Gasteiger partial charge in [0.05, 0.1) is 19.8 Å². The van der Waals surface area contributed by atoms with Gasteiger partial charge in [0.2, 0.25) is 0 Å². The van der Waals surface area contributed by atoms with E-state index < -0.39 is 0 Å². The Kier molecular flexibility index (Phi) is 6.52. The Hall–Kier alpha value is -0.480. The molecule has 0 N–H and O–H groups in total. The van der Waals surface area contributed by atoms with Crippen LogP contribution in [0.2, 0.25) is 0 Å². The summed E-state index contributed by atoms with van der Waals surface area (Å²) in [4.78, 5) is 13.1. The summed E-state index contributed by atoms with van der Waals surface area (Å²) in [5, 5.41) is 0. The largest absolute Gasteiger partial charge is 0.449 e. The van der Waals surface area contributed by atoms with Crippen molar-refractivity contribution in [3.05, 3.63) is 0 Å². The van der Waals surface area contributed by atoms with Crippen molar-refractivity contribution >= 4 is 17.7 Å². The van der Waals surface area contributed by atoms with Crippen molar-refractivity contribution < 1.29 is 14.3 Å². The monoisotopic (exact) mass is 235 g/mol. The quantitative estimate of drug-likeness (QED) is 0.539. The predicted octanol–water partition coefficient (Wildman–Crippen LogP) is 1.86. The van der Waals surface area contributed by atoms with E-state index in [1.54, 1.807) is 4.90 Å². The second kappa shape index (κ2) is 7.77. The first-order chi connectivity index (χ1) is 7.34. The second-order valence-corrected chi connectivity index (χ2v) is 3.84. The average molecular weight is 236 g/mol. The van der Waals surface area contributed by atoms with Gasteiger partial charge in [0.15, 0.2) is 0 Å². The maximum atomic E-state index is 11.5. The average Bonchev–Trinajstić information content (AvgIpc) is 2.30. The molecule has 1 amide bonds. The third-order valence-corrected chi connectivity index (χ3v) is 2.54. The molecule has 1 aliphatic rings. The Labute approximate surface area is 95.5 Å². The minimum absolute atomic E-state index is 0.218. The highest BCUT2D eigenvalue weighted by Crippen LogP contribution is 2.02. The van der Waals surface area contributed by atoms with Crippen LogP contribution < -0.4 is 0 Å². The summed E-state index contributed by atoms with van der Waals surface area (Å²) in [5.41, 5.74) is 0. The van der Waals surface area contributed by atoms with Crippen molar-refractivity contribution in [1.82, 2.24) is 4.90 Å². The van der Waals surface area contributed by atoms with Crippen LogP contribution in [0, 0.1) is 0 Å². The molecule has 15 heavy (non-hydrogen) atoms. The van der Waals surface area contributed by atoms with Gasteiger partial charge in [0.25, 0.3) is 0 Å². The smallest absolute Gasteiger partial charge is 0.409 e. The molecule has 0 aromatic heterocycles. The third-order valence-electron chi connectivity index (χ3n) is 2.27. The van der Waals surface area contributed by atoms with E-state index in [9.17, 15) is 4.79 Å². The summed E-state index contributed by atoms with van der Waals surface area (Å²) in [7, 11) is 0. The summed E-state index contributed by atoms with van der Waals surface area (Å²) >= 11 is 5.53. The van der Waals surface area contributed by atoms with E-state index in [1.807, 2.05) is 0 Å². The molecule has 0 spiro atoms. The van der Waals surface area contributed by atoms with E-state index in [1.165, 1.54) is 0 Å². The van der Waals surface area contributed by atoms with Crippen LogP contribution >= 0.6 is 11.6 Å². The Morgan fingerprint density at radius 1 is 1.27 bits per heavy atom. The molecule has 0 saturated carbocycles. The van der Waals surface area contributed by atoms with Gasteiger partial charge >= 0.3 is 6.09 Å². The first-order valence-corrected chi connectivity index (χ1v) is 5.93. The van der Waals surface area contributed by atoms with Crippen LogP contribution in [0.3, 0.4) is 0 Å². The lowest BCUT2D eigenvalue weighted by atomic mass is 10.3. The molecule has 1 fully saturated rings. The molecule has 0 aromatic carbocycles. The van der Waals surface area contributed by atoms with E-state index >= 15 is 0 Å². The van der Waals surface area contributed by atoms with Crippen LogP contribution in [0.1, 0.15) is 19.3 Å². The van der Waals surface area contributed by atoms with Crippen molar-refractivity contribution in [1.29, 1.82) is 0 Å². The molecule has 1 heterocycles. The first-order valence-electron chi connectivity index (χ1n) is 5.40. The molecule has 1 rings (SSSR count). The lowest BCUT2D eigenvalue weighted by Gasteiger charge is -2.25. The SMILES string of the molecule is O=C(OCCCCCCl)N1CCOCC1. The molecular formula is C10H18ClNO3. The van der Waals surface area contributed by atoms with Gasteiger partial charge < -0.3 is 14.4 Å². The van der Waals surface area contributed by atoms with Crippen LogP contribution in [0.4, 0.5) is 4.79 Å². The maximum absolute atomic E-state index is 11.5. The van der Waals surface area contributed by atoms with Crippen LogP contribution in [0.25, 0.3) is 0 Å². The summed E-state index contributed by atoms with van der Waals surface area (Å²) < 4.78 is 10.3. The minimum atomic E-state index is -0.218. The van der Waals surface area contributed by atoms with Gasteiger partial charge in [-0.05, 0) is 19.3 Å². The molecule has 0 aliphatic carbocycles. The maximum Gasteiger partial charge on any atom is 0.409 e. The van der Waals surface area contributed by atoms with Gasteiger partial charge in [-0.25, -0.2) is 4.79 Å². The highest BCUT2D eigenvalue weighted by Gasteiger charge is 2.17. The van der Waals surface area contributed by atoms with Crippen molar-refractivity contribution in [3.8, 4) is 0 Å². The van der Waals surface area contributed by atoms with Crippen molar-refractivity contribution in [2.75, 3.05) is 38.8 Å². The Morgan fingerprint density at radius 3 is 2.67 bits per heavy atom. The number of hydrogen-bond acceptors (Lipinski definition) is 3. The highest BCUT2D eigenvalue weighted by atomic mass is 35.5. The summed E-state index contributed by atoms with van der Waals surface area (Å²) in [6.45, 7) is 3.00. The van der Waals surface area contributed by atoms with Crippen LogP contribution in [0.15, 0.2) is 0 Å².